The Labute approximate surface area is 123 Å². The van der Waals surface area contributed by atoms with Gasteiger partial charge in [0, 0.05) is 6.04 Å². The Hall–Kier alpha value is -1.01. The molecule has 0 radical (unpaired) electrons. The summed E-state index contributed by atoms with van der Waals surface area (Å²) in [7, 11) is 2.96. The van der Waals surface area contributed by atoms with Gasteiger partial charge in [-0.3, -0.25) is 0 Å². The summed E-state index contributed by atoms with van der Waals surface area (Å²) in [5, 5.41) is 3.29. The minimum absolute atomic E-state index is 0.266. The van der Waals surface area contributed by atoms with Gasteiger partial charge in [0.2, 0.25) is 0 Å². The fourth-order valence-electron chi connectivity index (χ4n) is 2.06. The van der Waals surface area contributed by atoms with Crippen LogP contribution in [0, 0.1) is 0 Å². The first kappa shape index (κ1) is 17.0. The van der Waals surface area contributed by atoms with Crippen LogP contribution in [-0.4, -0.2) is 32.6 Å². The molecule has 0 aliphatic carbocycles. The van der Waals surface area contributed by atoms with Crippen LogP contribution >= 0.6 is 11.8 Å². The Kier molecular flexibility index (Phi) is 7.09. The van der Waals surface area contributed by atoms with Crippen molar-refractivity contribution >= 4 is 11.8 Å². The quantitative estimate of drug-likeness (QED) is 0.744. The smallest absolute Gasteiger partial charge is 0.289 e. The van der Waals surface area contributed by atoms with E-state index >= 15 is 0 Å². The summed E-state index contributed by atoms with van der Waals surface area (Å²) in [6, 6.07) is 3.84. The van der Waals surface area contributed by atoms with Crippen molar-refractivity contribution in [2.45, 2.75) is 37.0 Å². The highest BCUT2D eigenvalue weighted by Crippen LogP contribution is 2.41. The van der Waals surface area contributed by atoms with Gasteiger partial charge in [0.05, 0.1) is 19.1 Å². The summed E-state index contributed by atoms with van der Waals surface area (Å²) in [6.45, 7) is 4.95. The van der Waals surface area contributed by atoms with E-state index in [2.05, 4.69) is 12.2 Å². The summed E-state index contributed by atoms with van der Waals surface area (Å²) in [4.78, 5) is 0.403. The molecule has 3 nitrogen and oxygen atoms in total. The van der Waals surface area contributed by atoms with E-state index in [1.165, 1.54) is 14.2 Å². The number of alkyl halides is 2. The SMILES string of the molecule is CCNC(C)Cc1cc(OC)c(OC)c(SC(F)F)c1. The number of methoxy groups -OCH3 is 2. The first-order valence-corrected chi connectivity index (χ1v) is 7.32. The minimum Gasteiger partial charge on any atom is -0.493 e. The van der Waals surface area contributed by atoms with Gasteiger partial charge in [0.15, 0.2) is 11.5 Å². The molecule has 114 valence electrons. The standard InChI is InChI=1S/C14H21F2NO2S/c1-5-17-9(2)6-10-7-11(18-3)13(19-4)12(8-10)20-14(15)16/h7-9,14,17H,5-6H2,1-4H3. The Bertz CT molecular complexity index is 430. The molecule has 20 heavy (non-hydrogen) atoms. The van der Waals surface area contributed by atoms with Crippen molar-refractivity contribution < 1.29 is 18.3 Å². The average molecular weight is 305 g/mol. The van der Waals surface area contributed by atoms with Crippen molar-refractivity contribution in [3.8, 4) is 11.5 Å². The van der Waals surface area contributed by atoms with Gasteiger partial charge in [0.1, 0.15) is 0 Å². The zero-order chi connectivity index (χ0) is 15.1. The van der Waals surface area contributed by atoms with Gasteiger partial charge in [-0.25, -0.2) is 0 Å². The summed E-state index contributed by atoms with van der Waals surface area (Å²) in [6.07, 6.45) is 0.741. The van der Waals surface area contributed by atoms with Crippen LogP contribution in [0.1, 0.15) is 19.4 Å². The zero-order valence-corrected chi connectivity index (χ0v) is 13.0. The molecule has 1 rings (SSSR count). The Morgan fingerprint density at radius 1 is 1.25 bits per heavy atom. The van der Waals surface area contributed by atoms with Gasteiger partial charge in [-0.05, 0) is 37.6 Å². The van der Waals surface area contributed by atoms with Gasteiger partial charge < -0.3 is 14.8 Å². The molecule has 0 bridgehead atoms. The minimum atomic E-state index is -2.49. The maximum Gasteiger partial charge on any atom is 0.289 e. The Morgan fingerprint density at radius 3 is 2.45 bits per heavy atom. The number of nitrogens with one attached hydrogen (secondary N) is 1. The summed E-state index contributed by atoms with van der Waals surface area (Å²) >= 11 is 0.475. The second-order valence-corrected chi connectivity index (χ2v) is 5.40. The average Bonchev–Trinajstić information content (AvgIpc) is 2.37. The maximum absolute atomic E-state index is 12.6. The highest BCUT2D eigenvalue weighted by Gasteiger charge is 2.17. The fraction of sp³-hybridized carbons (Fsp3) is 0.571. The van der Waals surface area contributed by atoms with Crippen LogP contribution in [0.25, 0.3) is 0 Å². The van der Waals surface area contributed by atoms with Gasteiger partial charge in [-0.15, -0.1) is 0 Å². The molecule has 0 saturated carbocycles. The largest absolute Gasteiger partial charge is 0.493 e. The number of hydrogen-bond acceptors (Lipinski definition) is 4. The third-order valence-electron chi connectivity index (χ3n) is 2.82. The van der Waals surface area contributed by atoms with Crippen LogP contribution < -0.4 is 14.8 Å². The van der Waals surface area contributed by atoms with E-state index in [0.29, 0.717) is 28.2 Å². The number of likely N-dealkylation sites (N-methyl/N-ethyl adjacent to an activating group) is 1. The lowest BCUT2D eigenvalue weighted by Crippen LogP contribution is -2.27. The summed E-state index contributed by atoms with van der Waals surface area (Å²) in [5.41, 5.74) is 0.944. The van der Waals surface area contributed by atoms with Crippen LogP contribution in [0.2, 0.25) is 0 Å². The highest BCUT2D eigenvalue weighted by atomic mass is 32.2. The summed E-state index contributed by atoms with van der Waals surface area (Å²) < 4.78 is 35.7. The van der Waals surface area contributed by atoms with Gasteiger partial charge in [-0.1, -0.05) is 18.7 Å². The maximum atomic E-state index is 12.6. The second-order valence-electron chi connectivity index (χ2n) is 4.37. The van der Waals surface area contributed by atoms with Crippen molar-refractivity contribution in [2.24, 2.45) is 0 Å². The van der Waals surface area contributed by atoms with Crippen LogP contribution in [0.5, 0.6) is 11.5 Å². The third-order valence-corrected chi connectivity index (χ3v) is 3.55. The monoisotopic (exact) mass is 305 g/mol. The number of benzene rings is 1. The van der Waals surface area contributed by atoms with E-state index < -0.39 is 5.76 Å². The third kappa shape index (κ3) is 4.83. The van der Waals surface area contributed by atoms with Gasteiger partial charge in [-0.2, -0.15) is 8.78 Å². The highest BCUT2D eigenvalue weighted by molar-refractivity contribution is 7.99. The normalized spacial score (nSPS) is 12.6. The molecular formula is C14H21F2NO2S. The molecule has 0 spiro atoms. The van der Waals surface area contributed by atoms with Crippen LogP contribution in [0.4, 0.5) is 8.78 Å². The van der Waals surface area contributed by atoms with Crippen molar-refractivity contribution in [2.75, 3.05) is 20.8 Å². The molecule has 1 unspecified atom stereocenters. The molecule has 0 aromatic heterocycles. The molecule has 1 aromatic rings. The van der Waals surface area contributed by atoms with E-state index in [1.54, 1.807) is 6.07 Å². The van der Waals surface area contributed by atoms with Crippen molar-refractivity contribution in [1.82, 2.24) is 5.32 Å². The van der Waals surface area contributed by atoms with E-state index in [0.717, 1.165) is 18.5 Å². The van der Waals surface area contributed by atoms with E-state index in [1.807, 2.05) is 13.0 Å². The van der Waals surface area contributed by atoms with Gasteiger partial charge in [0.25, 0.3) is 5.76 Å². The topological polar surface area (TPSA) is 30.5 Å². The van der Waals surface area contributed by atoms with Crippen LogP contribution in [0.15, 0.2) is 17.0 Å². The molecule has 0 aliphatic heterocycles. The molecule has 0 aliphatic rings. The molecule has 0 amide bonds. The van der Waals surface area contributed by atoms with E-state index in [4.69, 9.17) is 9.47 Å². The Balaban J connectivity index is 3.07. The Morgan fingerprint density at radius 2 is 1.95 bits per heavy atom. The molecule has 6 heteroatoms. The van der Waals surface area contributed by atoms with Crippen molar-refractivity contribution in [3.63, 3.8) is 0 Å². The number of hydrogen-bond donors (Lipinski definition) is 1. The van der Waals surface area contributed by atoms with Crippen molar-refractivity contribution in [3.05, 3.63) is 17.7 Å². The fourth-order valence-corrected chi connectivity index (χ4v) is 2.76. The second kappa shape index (κ2) is 8.32. The molecular weight excluding hydrogens is 284 g/mol. The first-order chi connectivity index (χ1) is 9.51. The molecule has 1 N–H and O–H groups in total. The lowest BCUT2D eigenvalue weighted by molar-refractivity contribution is 0.251. The molecule has 0 fully saturated rings. The number of thioether (sulfide) groups is 1. The predicted molar refractivity (Wildman–Crippen MR) is 78.2 cm³/mol. The lowest BCUT2D eigenvalue weighted by atomic mass is 10.1. The number of halogens is 2. The predicted octanol–water partition coefficient (Wildman–Crippen LogP) is 3.56. The molecule has 0 saturated heterocycles. The van der Waals surface area contributed by atoms with E-state index in [-0.39, 0.29) is 6.04 Å². The molecule has 1 aromatic carbocycles. The molecule has 1 atom stereocenters. The number of ether oxygens (including phenoxy) is 2. The lowest BCUT2D eigenvalue weighted by Gasteiger charge is -2.17. The first-order valence-electron chi connectivity index (χ1n) is 6.44. The van der Waals surface area contributed by atoms with Crippen LogP contribution in [0.3, 0.4) is 0 Å². The van der Waals surface area contributed by atoms with Crippen LogP contribution in [-0.2, 0) is 6.42 Å². The van der Waals surface area contributed by atoms with Gasteiger partial charge >= 0.3 is 0 Å². The van der Waals surface area contributed by atoms with Crippen molar-refractivity contribution in [1.29, 1.82) is 0 Å². The van der Waals surface area contributed by atoms with E-state index in [9.17, 15) is 8.78 Å². The summed E-state index contributed by atoms with van der Waals surface area (Å²) in [5.74, 6) is -1.65. The zero-order valence-electron chi connectivity index (χ0n) is 12.2. The molecule has 0 heterocycles. The number of rotatable bonds is 8.